The maximum atomic E-state index is 12.9. The second kappa shape index (κ2) is 6.72. The van der Waals surface area contributed by atoms with Gasteiger partial charge in [0.15, 0.2) is 16.6 Å². The van der Waals surface area contributed by atoms with Crippen LogP contribution in [0.25, 0.3) is 17.1 Å². The van der Waals surface area contributed by atoms with Gasteiger partial charge in [0.25, 0.3) is 5.91 Å². The summed E-state index contributed by atoms with van der Waals surface area (Å²) in [7, 11) is 0. The third kappa shape index (κ3) is 3.11. The fraction of sp³-hybridized carbons (Fsp3) is 0.200. The fourth-order valence-corrected chi connectivity index (χ4v) is 3.77. The number of nitrogens with zero attached hydrogens (tertiary/aromatic N) is 4. The number of nitrogens with one attached hydrogen (secondary N) is 1. The van der Waals surface area contributed by atoms with Crippen molar-refractivity contribution in [3.05, 3.63) is 65.0 Å². The zero-order chi connectivity index (χ0) is 19.1. The van der Waals surface area contributed by atoms with E-state index < -0.39 is 0 Å². The highest BCUT2D eigenvalue weighted by Gasteiger charge is 2.34. The lowest BCUT2D eigenvalue weighted by Crippen LogP contribution is -2.15. The Labute approximate surface area is 165 Å². The van der Waals surface area contributed by atoms with Crippen LogP contribution in [0, 0.1) is 6.92 Å². The monoisotopic (exact) mass is 391 g/mol. The zero-order valence-electron chi connectivity index (χ0n) is 15.1. The Morgan fingerprint density at radius 3 is 2.79 bits per heavy atom. The van der Waals surface area contributed by atoms with Gasteiger partial charge in [-0.05, 0) is 44.0 Å². The lowest BCUT2D eigenvalue weighted by atomic mass is 10.2. The normalized spacial score (nSPS) is 13.6. The van der Waals surface area contributed by atoms with Gasteiger partial charge in [0, 0.05) is 11.3 Å². The first-order chi connectivity index (χ1) is 13.7. The van der Waals surface area contributed by atoms with Gasteiger partial charge in [0.05, 0.1) is 17.6 Å². The number of anilines is 1. The molecule has 1 saturated carbocycles. The molecule has 0 aliphatic heterocycles. The minimum Gasteiger partial charge on any atom is -0.463 e. The van der Waals surface area contributed by atoms with Crippen LogP contribution in [0.3, 0.4) is 0 Å². The molecule has 4 aromatic rings. The summed E-state index contributed by atoms with van der Waals surface area (Å²) in [5.74, 6) is 0.688. The first-order valence-electron chi connectivity index (χ1n) is 9.02. The van der Waals surface area contributed by atoms with Gasteiger partial charge < -0.3 is 4.42 Å². The van der Waals surface area contributed by atoms with Gasteiger partial charge in [-0.1, -0.05) is 22.9 Å². The van der Waals surface area contributed by atoms with E-state index in [2.05, 4.69) is 20.6 Å². The van der Waals surface area contributed by atoms with Gasteiger partial charge in [-0.3, -0.25) is 10.1 Å². The molecule has 0 radical (unpaired) electrons. The van der Waals surface area contributed by atoms with Gasteiger partial charge in [0.2, 0.25) is 0 Å². The second-order valence-electron chi connectivity index (χ2n) is 6.81. The van der Waals surface area contributed by atoms with Gasteiger partial charge in [-0.2, -0.15) is 0 Å². The van der Waals surface area contributed by atoms with Crippen LogP contribution in [0.5, 0.6) is 0 Å². The zero-order valence-corrected chi connectivity index (χ0v) is 15.9. The molecular formula is C20H17N5O2S. The fourth-order valence-electron chi connectivity index (χ4n) is 3.08. The van der Waals surface area contributed by atoms with Crippen molar-refractivity contribution in [2.45, 2.75) is 25.7 Å². The largest absolute Gasteiger partial charge is 0.463 e. The number of hydrogen-bond donors (Lipinski definition) is 1. The number of furan rings is 1. The molecule has 7 nitrogen and oxygen atoms in total. The summed E-state index contributed by atoms with van der Waals surface area (Å²) in [6.07, 6.45) is 3.68. The Morgan fingerprint density at radius 2 is 2.07 bits per heavy atom. The van der Waals surface area contributed by atoms with Crippen molar-refractivity contribution in [2.75, 3.05) is 5.32 Å². The molecule has 0 unspecified atom stereocenters. The molecule has 1 aromatic carbocycles. The highest BCUT2D eigenvalue weighted by atomic mass is 32.1. The molecule has 1 aliphatic carbocycles. The quantitative estimate of drug-likeness (QED) is 0.544. The van der Waals surface area contributed by atoms with Crippen molar-refractivity contribution >= 4 is 22.4 Å². The second-order valence-corrected chi connectivity index (χ2v) is 7.67. The molecule has 3 heterocycles. The molecule has 3 aromatic heterocycles. The van der Waals surface area contributed by atoms with E-state index in [1.165, 1.54) is 16.9 Å². The number of hydrogen-bond acceptors (Lipinski definition) is 6. The standard InChI is InChI=1S/C20H17N5O2S/c1-12-4-8-14(9-5-12)25-18(13-6-7-13)17(23-24-25)19(26)22-20-21-15(11-28-20)16-3-2-10-27-16/h2-5,8-11,13H,6-7H2,1H3,(H,21,22,26). The van der Waals surface area contributed by atoms with E-state index in [1.807, 2.05) is 42.6 Å². The average molecular weight is 391 g/mol. The Balaban J connectivity index is 1.43. The van der Waals surface area contributed by atoms with Gasteiger partial charge in [-0.25, -0.2) is 9.67 Å². The van der Waals surface area contributed by atoms with Crippen LogP contribution in [0.1, 0.15) is 40.5 Å². The van der Waals surface area contributed by atoms with Crippen LogP contribution in [0.15, 0.2) is 52.5 Å². The van der Waals surface area contributed by atoms with Crippen molar-refractivity contribution in [3.63, 3.8) is 0 Å². The first-order valence-corrected chi connectivity index (χ1v) is 9.90. The molecule has 1 fully saturated rings. The van der Waals surface area contributed by atoms with E-state index in [1.54, 1.807) is 17.0 Å². The molecule has 5 rings (SSSR count). The Hall–Kier alpha value is -3.26. The molecule has 1 N–H and O–H groups in total. The molecule has 0 spiro atoms. The van der Waals surface area contributed by atoms with Crippen LogP contribution >= 0.6 is 11.3 Å². The first kappa shape index (κ1) is 16.9. The number of benzene rings is 1. The predicted octanol–water partition coefficient (Wildman–Crippen LogP) is 4.42. The summed E-state index contributed by atoms with van der Waals surface area (Å²) in [5.41, 5.74) is 4.00. The predicted molar refractivity (Wildman–Crippen MR) is 106 cm³/mol. The number of aromatic nitrogens is 4. The Bertz CT molecular complexity index is 1120. The topological polar surface area (TPSA) is 85.8 Å². The summed E-state index contributed by atoms with van der Waals surface area (Å²) in [4.78, 5) is 17.3. The lowest BCUT2D eigenvalue weighted by Gasteiger charge is -2.07. The van der Waals surface area contributed by atoms with Crippen molar-refractivity contribution in [2.24, 2.45) is 0 Å². The molecule has 140 valence electrons. The third-order valence-corrected chi connectivity index (χ3v) is 5.42. The average Bonchev–Trinajstić information content (AvgIpc) is 3.12. The van der Waals surface area contributed by atoms with E-state index in [0.717, 1.165) is 24.2 Å². The van der Waals surface area contributed by atoms with Gasteiger partial charge in [-0.15, -0.1) is 16.4 Å². The van der Waals surface area contributed by atoms with Gasteiger partial charge >= 0.3 is 0 Å². The number of amides is 1. The maximum absolute atomic E-state index is 12.9. The van der Waals surface area contributed by atoms with E-state index in [9.17, 15) is 4.79 Å². The molecular weight excluding hydrogens is 374 g/mol. The van der Waals surface area contributed by atoms with E-state index in [4.69, 9.17) is 4.42 Å². The Morgan fingerprint density at radius 1 is 1.25 bits per heavy atom. The van der Waals surface area contributed by atoms with Crippen molar-refractivity contribution in [1.82, 2.24) is 20.0 Å². The van der Waals surface area contributed by atoms with Gasteiger partial charge in [0.1, 0.15) is 5.69 Å². The molecule has 0 atom stereocenters. The summed E-state index contributed by atoms with van der Waals surface area (Å²) < 4.78 is 7.13. The van der Waals surface area contributed by atoms with Crippen LogP contribution in [-0.2, 0) is 0 Å². The number of aryl methyl sites for hydroxylation is 1. The molecule has 8 heteroatoms. The smallest absolute Gasteiger partial charge is 0.279 e. The maximum Gasteiger partial charge on any atom is 0.279 e. The number of rotatable bonds is 5. The third-order valence-electron chi connectivity index (χ3n) is 4.66. The summed E-state index contributed by atoms with van der Waals surface area (Å²) in [6, 6.07) is 11.7. The van der Waals surface area contributed by atoms with Crippen LogP contribution < -0.4 is 5.32 Å². The molecule has 1 amide bonds. The summed E-state index contributed by atoms with van der Waals surface area (Å²) >= 11 is 1.35. The van der Waals surface area contributed by atoms with Crippen molar-refractivity contribution < 1.29 is 9.21 Å². The van der Waals surface area contributed by atoms with Crippen LogP contribution in [-0.4, -0.2) is 25.9 Å². The van der Waals surface area contributed by atoms with E-state index >= 15 is 0 Å². The summed E-state index contributed by atoms with van der Waals surface area (Å²) in [6.45, 7) is 2.04. The Kier molecular flexibility index (Phi) is 4.05. The number of carbonyl (C=O) groups is 1. The van der Waals surface area contributed by atoms with Crippen LogP contribution in [0.2, 0.25) is 0 Å². The highest BCUT2D eigenvalue weighted by Crippen LogP contribution is 2.42. The lowest BCUT2D eigenvalue weighted by molar-refractivity contribution is 0.102. The van der Waals surface area contributed by atoms with E-state index in [0.29, 0.717) is 28.2 Å². The minimum absolute atomic E-state index is 0.291. The molecule has 28 heavy (non-hydrogen) atoms. The summed E-state index contributed by atoms with van der Waals surface area (Å²) in [5, 5.41) is 13.6. The van der Waals surface area contributed by atoms with E-state index in [-0.39, 0.29) is 5.91 Å². The molecule has 0 saturated heterocycles. The van der Waals surface area contributed by atoms with Crippen molar-refractivity contribution in [3.8, 4) is 17.1 Å². The van der Waals surface area contributed by atoms with Crippen molar-refractivity contribution in [1.29, 1.82) is 0 Å². The van der Waals surface area contributed by atoms with Crippen LogP contribution in [0.4, 0.5) is 5.13 Å². The molecule has 1 aliphatic rings. The number of carbonyl (C=O) groups excluding carboxylic acids is 1. The highest BCUT2D eigenvalue weighted by molar-refractivity contribution is 7.14. The SMILES string of the molecule is Cc1ccc(-n2nnc(C(=O)Nc3nc(-c4ccco4)cs3)c2C2CC2)cc1. The number of thiazole rings is 1. The minimum atomic E-state index is -0.291. The molecule has 0 bridgehead atoms.